The number of hydrogen-bond acceptors (Lipinski definition) is 9. The van der Waals surface area contributed by atoms with Crippen LogP contribution in [0.3, 0.4) is 0 Å². The lowest BCUT2D eigenvalue weighted by molar-refractivity contribution is -0.384. The summed E-state index contributed by atoms with van der Waals surface area (Å²) in [5.41, 5.74) is 3.02. The van der Waals surface area contributed by atoms with E-state index in [1.165, 1.54) is 35.2 Å². The minimum Gasteiger partial charge on any atom is -0.327 e. The van der Waals surface area contributed by atoms with Gasteiger partial charge in [-0.25, -0.2) is 9.97 Å². The molecule has 5 rings (SSSR count). The van der Waals surface area contributed by atoms with E-state index in [0.29, 0.717) is 32.6 Å². The van der Waals surface area contributed by atoms with Crippen LogP contribution < -0.4 is 5.32 Å². The number of hydrogen-bond donors (Lipinski definition) is 1. The first kappa shape index (κ1) is 21.2. The Kier molecular flexibility index (Phi) is 5.38. The van der Waals surface area contributed by atoms with E-state index in [0.717, 1.165) is 16.4 Å². The highest BCUT2D eigenvalue weighted by Gasteiger charge is 2.22. The van der Waals surface area contributed by atoms with Crippen LogP contribution in [0.15, 0.2) is 47.6 Å². The summed E-state index contributed by atoms with van der Waals surface area (Å²) < 4.78 is 2.60. The molecule has 2 aromatic carbocycles. The number of nitro groups is 1. The molecule has 0 radical (unpaired) electrons. The largest absolute Gasteiger partial charge is 0.327 e. The summed E-state index contributed by atoms with van der Waals surface area (Å²) in [6.07, 6.45) is 0.545. The van der Waals surface area contributed by atoms with E-state index >= 15 is 0 Å². The highest BCUT2D eigenvalue weighted by atomic mass is 32.2. The standard InChI is InChI=1S/C21H17N7O3S2/c1-3-15(19(29)24-20-22-13-9-8-11(28(30)31)10-16(13)33-20)32-21-23-18-17(25-26-21)12-6-4-5-7-14(12)27(18)2/h4-10,15H,3H2,1-2H3,(H,22,24,29)/t15-/m1/s1. The van der Waals surface area contributed by atoms with Crippen LogP contribution in [-0.2, 0) is 11.8 Å². The van der Waals surface area contributed by atoms with Crippen molar-refractivity contribution in [1.29, 1.82) is 0 Å². The number of para-hydroxylation sites is 1. The number of non-ortho nitro benzene ring substituents is 1. The number of rotatable bonds is 6. The number of nitrogens with one attached hydrogen (secondary N) is 1. The molecule has 33 heavy (non-hydrogen) atoms. The van der Waals surface area contributed by atoms with Crippen molar-refractivity contribution < 1.29 is 9.72 Å². The van der Waals surface area contributed by atoms with Crippen LogP contribution in [0, 0.1) is 10.1 Å². The topological polar surface area (TPSA) is 129 Å². The number of benzene rings is 2. The first-order valence-electron chi connectivity index (χ1n) is 10.0. The normalized spacial score (nSPS) is 12.4. The Labute approximate surface area is 195 Å². The van der Waals surface area contributed by atoms with Crippen LogP contribution in [0.4, 0.5) is 10.8 Å². The molecular formula is C21H17N7O3S2. The first-order chi connectivity index (χ1) is 15.9. The van der Waals surface area contributed by atoms with Gasteiger partial charge in [-0.3, -0.25) is 14.9 Å². The number of fused-ring (bicyclic) bond motifs is 4. The summed E-state index contributed by atoms with van der Waals surface area (Å²) in [5, 5.41) is 23.7. The van der Waals surface area contributed by atoms with E-state index in [1.54, 1.807) is 6.07 Å². The van der Waals surface area contributed by atoms with E-state index in [-0.39, 0.29) is 11.6 Å². The van der Waals surface area contributed by atoms with E-state index in [4.69, 9.17) is 0 Å². The maximum Gasteiger partial charge on any atom is 0.270 e. The Morgan fingerprint density at radius 3 is 2.85 bits per heavy atom. The fourth-order valence-electron chi connectivity index (χ4n) is 3.56. The lowest BCUT2D eigenvalue weighted by atomic mass is 10.2. The van der Waals surface area contributed by atoms with Crippen molar-refractivity contribution in [3.05, 3.63) is 52.6 Å². The summed E-state index contributed by atoms with van der Waals surface area (Å²) in [5.74, 6) is -0.239. The molecule has 0 aliphatic rings. The third-order valence-electron chi connectivity index (χ3n) is 5.21. The molecule has 1 atom stereocenters. The number of anilines is 1. The van der Waals surface area contributed by atoms with Gasteiger partial charge in [-0.1, -0.05) is 48.2 Å². The number of aromatic nitrogens is 5. The molecule has 1 amide bonds. The molecular weight excluding hydrogens is 462 g/mol. The van der Waals surface area contributed by atoms with Crippen LogP contribution in [0.1, 0.15) is 13.3 Å². The number of thiazole rings is 1. The molecule has 1 N–H and O–H groups in total. The van der Waals surface area contributed by atoms with Crippen LogP contribution in [-0.4, -0.2) is 40.8 Å². The maximum atomic E-state index is 12.9. The summed E-state index contributed by atoms with van der Waals surface area (Å²) in [4.78, 5) is 32.5. The molecule has 5 aromatic rings. The fraction of sp³-hybridized carbons (Fsp3) is 0.190. The number of aryl methyl sites for hydroxylation is 1. The first-order valence-corrected chi connectivity index (χ1v) is 11.7. The maximum absolute atomic E-state index is 12.9. The van der Waals surface area contributed by atoms with Gasteiger partial charge in [0.05, 0.1) is 25.9 Å². The summed E-state index contributed by atoms with van der Waals surface area (Å²) in [6.45, 7) is 1.90. The fourth-order valence-corrected chi connectivity index (χ4v) is 5.27. The number of nitro benzene ring substituents is 1. The molecule has 0 unspecified atom stereocenters. The summed E-state index contributed by atoms with van der Waals surface area (Å²) in [6, 6.07) is 12.3. The minimum absolute atomic E-state index is 0.0145. The molecule has 3 aromatic heterocycles. The predicted octanol–water partition coefficient (Wildman–Crippen LogP) is 4.54. The molecule has 12 heteroatoms. The van der Waals surface area contributed by atoms with Gasteiger partial charge in [0, 0.05) is 24.6 Å². The van der Waals surface area contributed by atoms with Crippen LogP contribution in [0.5, 0.6) is 0 Å². The van der Waals surface area contributed by atoms with Crippen molar-refractivity contribution in [3.63, 3.8) is 0 Å². The molecule has 0 saturated carbocycles. The molecule has 166 valence electrons. The quantitative estimate of drug-likeness (QED) is 0.213. The lowest BCUT2D eigenvalue weighted by Crippen LogP contribution is -2.24. The summed E-state index contributed by atoms with van der Waals surface area (Å²) in [7, 11) is 1.93. The Balaban J connectivity index is 1.37. The van der Waals surface area contributed by atoms with Crippen LogP contribution in [0.2, 0.25) is 0 Å². The molecule has 0 saturated heterocycles. The molecule has 10 nitrogen and oxygen atoms in total. The van der Waals surface area contributed by atoms with Gasteiger partial charge in [0.2, 0.25) is 11.1 Å². The molecule has 0 spiro atoms. The zero-order valence-corrected chi connectivity index (χ0v) is 19.2. The predicted molar refractivity (Wildman–Crippen MR) is 129 cm³/mol. The van der Waals surface area contributed by atoms with E-state index in [1.807, 2.05) is 42.8 Å². The SMILES string of the molecule is CC[C@@H](Sc1nnc2c3ccccc3n(C)c2n1)C(=O)Nc1nc2ccc([N+](=O)[O-])cc2s1. The van der Waals surface area contributed by atoms with Gasteiger partial charge >= 0.3 is 0 Å². The van der Waals surface area contributed by atoms with Gasteiger partial charge in [0.25, 0.3) is 5.69 Å². The van der Waals surface area contributed by atoms with Gasteiger partial charge in [-0.15, -0.1) is 10.2 Å². The van der Waals surface area contributed by atoms with Gasteiger partial charge in [-0.2, -0.15) is 0 Å². The van der Waals surface area contributed by atoms with E-state index in [2.05, 4.69) is 25.5 Å². The monoisotopic (exact) mass is 479 g/mol. The van der Waals surface area contributed by atoms with E-state index < -0.39 is 10.2 Å². The van der Waals surface area contributed by atoms with Crippen LogP contribution in [0.25, 0.3) is 32.3 Å². The van der Waals surface area contributed by atoms with Crippen molar-refractivity contribution in [2.45, 2.75) is 23.8 Å². The number of carbonyl (C=O) groups is 1. The molecule has 3 heterocycles. The van der Waals surface area contributed by atoms with Crippen molar-refractivity contribution in [3.8, 4) is 0 Å². The second-order valence-corrected chi connectivity index (χ2v) is 9.48. The molecule has 0 aliphatic carbocycles. The Morgan fingerprint density at radius 1 is 1.24 bits per heavy atom. The van der Waals surface area contributed by atoms with Gasteiger partial charge < -0.3 is 9.88 Å². The van der Waals surface area contributed by atoms with Crippen LogP contribution >= 0.6 is 23.1 Å². The van der Waals surface area contributed by atoms with Crippen molar-refractivity contribution >= 4 is 72.1 Å². The van der Waals surface area contributed by atoms with Crippen molar-refractivity contribution in [2.75, 3.05) is 5.32 Å². The van der Waals surface area contributed by atoms with Crippen molar-refractivity contribution in [1.82, 2.24) is 24.7 Å². The average Bonchev–Trinajstić information content (AvgIpc) is 3.35. The number of nitrogens with zero attached hydrogens (tertiary/aromatic N) is 6. The second-order valence-electron chi connectivity index (χ2n) is 7.27. The number of thioether (sulfide) groups is 1. The molecule has 0 bridgehead atoms. The lowest BCUT2D eigenvalue weighted by Gasteiger charge is -2.12. The number of amides is 1. The van der Waals surface area contributed by atoms with Crippen molar-refractivity contribution in [2.24, 2.45) is 7.05 Å². The van der Waals surface area contributed by atoms with E-state index in [9.17, 15) is 14.9 Å². The van der Waals surface area contributed by atoms with Gasteiger partial charge in [-0.05, 0) is 18.6 Å². The third-order valence-corrected chi connectivity index (χ3v) is 7.36. The smallest absolute Gasteiger partial charge is 0.270 e. The summed E-state index contributed by atoms with van der Waals surface area (Å²) >= 11 is 2.43. The third kappa shape index (κ3) is 3.87. The highest BCUT2D eigenvalue weighted by molar-refractivity contribution is 8.00. The molecule has 0 aliphatic heterocycles. The minimum atomic E-state index is -0.458. The highest BCUT2D eigenvalue weighted by Crippen LogP contribution is 2.31. The average molecular weight is 480 g/mol. The van der Waals surface area contributed by atoms with Gasteiger partial charge in [0.15, 0.2) is 10.8 Å². The molecule has 0 fully saturated rings. The zero-order valence-electron chi connectivity index (χ0n) is 17.6. The second kappa shape index (κ2) is 8.37. The number of carbonyl (C=O) groups excluding carboxylic acids is 1. The Morgan fingerprint density at radius 2 is 2.06 bits per heavy atom. The van der Waals surface area contributed by atoms with Gasteiger partial charge in [0.1, 0.15) is 5.52 Å². The Bertz CT molecular complexity index is 1550. The Hall–Kier alpha value is -3.64. The zero-order chi connectivity index (χ0) is 23.1.